The van der Waals surface area contributed by atoms with Crippen molar-refractivity contribution in [3.8, 4) is 5.75 Å². The molecule has 0 atom stereocenters. The van der Waals surface area contributed by atoms with Gasteiger partial charge in [-0.15, -0.1) is 0 Å². The predicted octanol–water partition coefficient (Wildman–Crippen LogP) is 4.93. The fourth-order valence-electron chi connectivity index (χ4n) is 2.81. The summed E-state index contributed by atoms with van der Waals surface area (Å²) in [6.45, 7) is 1.21. The summed E-state index contributed by atoms with van der Waals surface area (Å²) in [6, 6.07) is 9.90. The number of methoxy groups -OCH3 is 1. The molecule has 1 heterocycles. The van der Waals surface area contributed by atoms with Crippen LogP contribution in [0.2, 0.25) is 5.02 Å². The Morgan fingerprint density at radius 1 is 1.09 bits per heavy atom. The van der Waals surface area contributed by atoms with Crippen molar-refractivity contribution in [2.75, 3.05) is 18.6 Å². The van der Waals surface area contributed by atoms with Crippen LogP contribution in [0.15, 0.2) is 36.4 Å². The van der Waals surface area contributed by atoms with Crippen LogP contribution in [0.3, 0.4) is 0 Å². The highest BCUT2D eigenvalue weighted by molar-refractivity contribution is 6.31. The number of benzene rings is 2. The summed E-state index contributed by atoms with van der Waals surface area (Å²) in [7, 11) is 1.59. The number of anilines is 1. The van der Waals surface area contributed by atoms with Crippen LogP contribution < -0.4 is 9.64 Å². The van der Waals surface area contributed by atoms with E-state index in [0.717, 1.165) is 23.8 Å². The third kappa shape index (κ3) is 3.24. The van der Waals surface area contributed by atoms with Crippen LogP contribution in [0.5, 0.6) is 5.75 Å². The summed E-state index contributed by atoms with van der Waals surface area (Å²) in [5.41, 5.74) is 1.99. The van der Waals surface area contributed by atoms with Crippen molar-refractivity contribution >= 4 is 17.3 Å². The second-order valence-corrected chi connectivity index (χ2v) is 5.88. The molecule has 2 aromatic carbocycles. The van der Waals surface area contributed by atoms with Gasteiger partial charge >= 0.3 is 6.18 Å². The van der Waals surface area contributed by atoms with Gasteiger partial charge in [0.15, 0.2) is 0 Å². The fourth-order valence-corrected chi connectivity index (χ4v) is 3.03. The number of hydrogen-bond acceptors (Lipinski definition) is 2. The summed E-state index contributed by atoms with van der Waals surface area (Å²) in [5, 5.41) is -0.277. The lowest BCUT2D eigenvalue weighted by atomic mass is 9.98. The van der Waals surface area contributed by atoms with Crippen LogP contribution in [-0.4, -0.2) is 13.7 Å². The molecule has 122 valence electrons. The van der Waals surface area contributed by atoms with Crippen LogP contribution >= 0.6 is 11.6 Å². The largest absolute Gasteiger partial charge is 0.497 e. The van der Waals surface area contributed by atoms with Gasteiger partial charge in [-0.05, 0) is 47.9 Å². The van der Waals surface area contributed by atoms with E-state index in [0.29, 0.717) is 18.8 Å². The van der Waals surface area contributed by atoms with E-state index in [1.807, 2.05) is 23.1 Å². The van der Waals surface area contributed by atoms with Crippen LogP contribution in [-0.2, 0) is 19.1 Å². The van der Waals surface area contributed by atoms with E-state index in [2.05, 4.69) is 0 Å². The van der Waals surface area contributed by atoms with Crippen molar-refractivity contribution in [3.63, 3.8) is 0 Å². The third-order valence-corrected chi connectivity index (χ3v) is 4.38. The maximum atomic E-state index is 13.0. The van der Waals surface area contributed by atoms with Gasteiger partial charge in [0.25, 0.3) is 0 Å². The Kier molecular flexibility index (Phi) is 4.15. The molecule has 2 aromatic rings. The summed E-state index contributed by atoms with van der Waals surface area (Å²) < 4.78 is 44.3. The molecule has 23 heavy (non-hydrogen) atoms. The first kappa shape index (κ1) is 16.0. The van der Waals surface area contributed by atoms with Crippen molar-refractivity contribution in [1.29, 1.82) is 0 Å². The SMILES string of the molecule is COc1ccc2c(c1)CN(c1ccc(Cl)c(C(F)(F)F)c1)CC2. The van der Waals surface area contributed by atoms with Crippen molar-refractivity contribution in [2.45, 2.75) is 19.1 Å². The molecule has 0 aliphatic carbocycles. The van der Waals surface area contributed by atoms with Gasteiger partial charge in [0.1, 0.15) is 5.75 Å². The van der Waals surface area contributed by atoms with Gasteiger partial charge in [-0.3, -0.25) is 0 Å². The van der Waals surface area contributed by atoms with E-state index < -0.39 is 11.7 Å². The minimum absolute atomic E-state index is 0.277. The zero-order valence-corrected chi connectivity index (χ0v) is 13.2. The van der Waals surface area contributed by atoms with Crippen molar-refractivity contribution < 1.29 is 17.9 Å². The first-order valence-corrected chi connectivity index (χ1v) is 7.54. The number of fused-ring (bicyclic) bond motifs is 1. The van der Waals surface area contributed by atoms with Crippen LogP contribution in [0.1, 0.15) is 16.7 Å². The average molecular weight is 342 g/mol. The third-order valence-electron chi connectivity index (χ3n) is 4.05. The van der Waals surface area contributed by atoms with E-state index in [-0.39, 0.29) is 5.02 Å². The lowest BCUT2D eigenvalue weighted by Gasteiger charge is -2.31. The van der Waals surface area contributed by atoms with E-state index in [1.54, 1.807) is 13.2 Å². The second kappa shape index (κ2) is 5.96. The molecule has 1 aliphatic heterocycles. The maximum absolute atomic E-state index is 13.0. The predicted molar refractivity (Wildman–Crippen MR) is 84.2 cm³/mol. The molecule has 0 unspecified atom stereocenters. The van der Waals surface area contributed by atoms with Crippen molar-refractivity contribution in [3.05, 3.63) is 58.1 Å². The van der Waals surface area contributed by atoms with Gasteiger partial charge in [-0.1, -0.05) is 17.7 Å². The molecular formula is C17H15ClF3NO. The van der Waals surface area contributed by atoms with Crippen LogP contribution in [0, 0.1) is 0 Å². The normalized spacial score (nSPS) is 14.6. The Balaban J connectivity index is 1.91. The van der Waals surface area contributed by atoms with Crippen LogP contribution in [0.25, 0.3) is 0 Å². The maximum Gasteiger partial charge on any atom is 0.417 e. The van der Waals surface area contributed by atoms with Gasteiger partial charge in [0.2, 0.25) is 0 Å². The van der Waals surface area contributed by atoms with E-state index in [1.165, 1.54) is 11.6 Å². The molecule has 0 fully saturated rings. The lowest BCUT2D eigenvalue weighted by molar-refractivity contribution is -0.137. The van der Waals surface area contributed by atoms with Gasteiger partial charge in [0.05, 0.1) is 17.7 Å². The number of hydrogen-bond donors (Lipinski definition) is 0. The quantitative estimate of drug-likeness (QED) is 0.768. The van der Waals surface area contributed by atoms with E-state index in [9.17, 15) is 13.2 Å². The molecule has 0 spiro atoms. The first-order valence-electron chi connectivity index (χ1n) is 7.16. The Morgan fingerprint density at radius 3 is 2.57 bits per heavy atom. The molecule has 0 radical (unpaired) electrons. The highest BCUT2D eigenvalue weighted by Crippen LogP contribution is 2.38. The molecule has 1 aliphatic rings. The standard InChI is InChI=1S/C17H15ClF3NO/c1-23-14-4-2-11-6-7-22(10-12(11)8-14)13-3-5-16(18)15(9-13)17(19,20)21/h2-5,8-9H,6-7,10H2,1H3. The first-order chi connectivity index (χ1) is 10.9. The molecule has 0 amide bonds. The monoisotopic (exact) mass is 341 g/mol. The van der Waals surface area contributed by atoms with Crippen LogP contribution in [0.4, 0.5) is 18.9 Å². The number of alkyl halides is 3. The minimum atomic E-state index is -4.45. The summed E-state index contributed by atoms with van der Waals surface area (Å²) in [5.74, 6) is 0.748. The smallest absolute Gasteiger partial charge is 0.417 e. The summed E-state index contributed by atoms with van der Waals surface area (Å²) in [6.07, 6.45) is -3.67. The number of nitrogens with zero attached hydrogens (tertiary/aromatic N) is 1. The van der Waals surface area contributed by atoms with Gasteiger partial charge in [0, 0.05) is 18.8 Å². The molecule has 2 nitrogen and oxygen atoms in total. The van der Waals surface area contributed by atoms with Gasteiger partial charge in [-0.2, -0.15) is 13.2 Å². The Labute approximate surface area is 137 Å². The zero-order chi connectivity index (χ0) is 16.6. The van der Waals surface area contributed by atoms with Crippen molar-refractivity contribution in [1.82, 2.24) is 0 Å². The fraction of sp³-hybridized carbons (Fsp3) is 0.294. The minimum Gasteiger partial charge on any atom is -0.497 e. The molecule has 0 saturated carbocycles. The molecule has 6 heteroatoms. The zero-order valence-electron chi connectivity index (χ0n) is 12.5. The average Bonchev–Trinajstić information content (AvgIpc) is 2.53. The van der Waals surface area contributed by atoms with Crippen molar-refractivity contribution in [2.24, 2.45) is 0 Å². The van der Waals surface area contributed by atoms with E-state index >= 15 is 0 Å². The van der Waals surface area contributed by atoms with Gasteiger partial charge < -0.3 is 9.64 Å². The summed E-state index contributed by atoms with van der Waals surface area (Å²) in [4.78, 5) is 1.92. The highest BCUT2D eigenvalue weighted by atomic mass is 35.5. The molecule has 3 rings (SSSR count). The second-order valence-electron chi connectivity index (χ2n) is 5.47. The molecule has 0 aromatic heterocycles. The van der Waals surface area contributed by atoms with E-state index in [4.69, 9.17) is 16.3 Å². The Hall–Kier alpha value is -1.88. The number of rotatable bonds is 2. The number of ether oxygens (including phenoxy) is 1. The Morgan fingerprint density at radius 2 is 1.87 bits per heavy atom. The lowest BCUT2D eigenvalue weighted by Crippen LogP contribution is -2.30. The molecular weight excluding hydrogens is 327 g/mol. The molecule has 0 N–H and O–H groups in total. The topological polar surface area (TPSA) is 12.5 Å². The summed E-state index contributed by atoms with van der Waals surface area (Å²) >= 11 is 5.69. The molecule has 0 bridgehead atoms. The van der Waals surface area contributed by atoms with Gasteiger partial charge in [-0.25, -0.2) is 0 Å². The molecule has 0 saturated heterocycles. The highest BCUT2D eigenvalue weighted by Gasteiger charge is 2.34. The number of halogens is 4. The Bertz CT molecular complexity index is 730.